The number of likely N-dealkylation sites (tertiary alicyclic amines) is 1. The van der Waals surface area contributed by atoms with Gasteiger partial charge in [-0.1, -0.05) is 37.3 Å². The quantitative estimate of drug-likeness (QED) is 0.865. The summed E-state index contributed by atoms with van der Waals surface area (Å²) in [5, 5.41) is 9.33. The average molecular weight is 360 g/mol. The zero-order valence-corrected chi connectivity index (χ0v) is 14.8. The number of morpholine rings is 1. The van der Waals surface area contributed by atoms with Crippen molar-refractivity contribution in [2.24, 2.45) is 11.8 Å². The Bertz CT molecular complexity index is 678. The van der Waals surface area contributed by atoms with E-state index in [1.54, 1.807) is 9.80 Å². The van der Waals surface area contributed by atoms with E-state index in [1.165, 1.54) is 0 Å². The highest BCUT2D eigenvalue weighted by molar-refractivity contribution is 5.89. The smallest absolute Gasteiger partial charge is 0.308 e. The number of nitrogens with zero attached hydrogens (tertiary/aromatic N) is 2. The summed E-state index contributed by atoms with van der Waals surface area (Å²) in [5.41, 5.74) is 0.941. The normalized spacial score (nSPS) is 26.7. The molecule has 0 saturated carbocycles. The van der Waals surface area contributed by atoms with Crippen molar-refractivity contribution in [1.29, 1.82) is 0 Å². The first-order valence-corrected chi connectivity index (χ1v) is 8.88. The van der Waals surface area contributed by atoms with E-state index in [2.05, 4.69) is 0 Å². The second-order valence-corrected chi connectivity index (χ2v) is 7.16. The molecule has 3 rings (SSSR count). The monoisotopic (exact) mass is 360 g/mol. The van der Waals surface area contributed by atoms with E-state index in [1.807, 2.05) is 37.3 Å². The van der Waals surface area contributed by atoms with Crippen LogP contribution >= 0.6 is 0 Å². The number of piperidine rings is 1. The molecule has 0 bridgehead atoms. The summed E-state index contributed by atoms with van der Waals surface area (Å²) in [6.07, 6.45) is 0.562. The molecule has 7 heteroatoms. The van der Waals surface area contributed by atoms with Crippen LogP contribution in [0.25, 0.3) is 0 Å². The summed E-state index contributed by atoms with van der Waals surface area (Å²) in [6, 6.07) is 8.79. The Morgan fingerprint density at radius 3 is 2.65 bits per heavy atom. The minimum absolute atomic E-state index is 0.0369. The maximum atomic E-state index is 13.1. The maximum absolute atomic E-state index is 13.1. The summed E-state index contributed by atoms with van der Waals surface area (Å²) in [7, 11) is 0. The molecule has 26 heavy (non-hydrogen) atoms. The number of carboxylic acid groups (broad SMARTS) is 1. The summed E-state index contributed by atoms with van der Waals surface area (Å²) < 4.78 is 5.32. The van der Waals surface area contributed by atoms with Crippen molar-refractivity contribution in [2.45, 2.75) is 25.9 Å². The number of rotatable bonds is 4. The second kappa shape index (κ2) is 7.86. The number of hydrogen-bond donors (Lipinski definition) is 1. The standard InChI is InChI=1S/C19H24N2O5/c1-13-7-15(19(24)25)10-20(8-13)18(23)16-11-26-12-17(22)21(16)9-14-5-3-2-4-6-14/h2-6,13,15-16H,7-12H2,1H3,(H,24,25)/t13?,15?,16-/m1/s1. The van der Waals surface area contributed by atoms with Gasteiger partial charge in [0.25, 0.3) is 0 Å². The van der Waals surface area contributed by atoms with Crippen LogP contribution in [0.2, 0.25) is 0 Å². The number of amides is 2. The van der Waals surface area contributed by atoms with E-state index < -0.39 is 17.9 Å². The molecular formula is C19H24N2O5. The second-order valence-electron chi connectivity index (χ2n) is 7.16. The van der Waals surface area contributed by atoms with E-state index in [0.29, 0.717) is 19.5 Å². The molecule has 0 spiro atoms. The Morgan fingerprint density at radius 1 is 1.23 bits per heavy atom. The van der Waals surface area contributed by atoms with Gasteiger partial charge >= 0.3 is 5.97 Å². The molecule has 7 nitrogen and oxygen atoms in total. The molecule has 3 atom stereocenters. The third-order valence-electron chi connectivity index (χ3n) is 5.00. The lowest BCUT2D eigenvalue weighted by atomic mass is 9.90. The molecule has 2 unspecified atom stereocenters. The molecule has 2 fully saturated rings. The zero-order chi connectivity index (χ0) is 18.7. The van der Waals surface area contributed by atoms with Gasteiger partial charge in [0.2, 0.25) is 11.8 Å². The van der Waals surface area contributed by atoms with Gasteiger partial charge in [0, 0.05) is 19.6 Å². The van der Waals surface area contributed by atoms with Crippen molar-refractivity contribution in [3.8, 4) is 0 Å². The fraction of sp³-hybridized carbons (Fsp3) is 0.526. The first-order chi connectivity index (χ1) is 12.5. The first-order valence-electron chi connectivity index (χ1n) is 8.88. The number of carboxylic acids is 1. The lowest BCUT2D eigenvalue weighted by Crippen LogP contribution is -2.59. The van der Waals surface area contributed by atoms with Gasteiger partial charge in [-0.15, -0.1) is 0 Å². The van der Waals surface area contributed by atoms with E-state index in [0.717, 1.165) is 5.56 Å². The van der Waals surface area contributed by atoms with E-state index >= 15 is 0 Å². The van der Waals surface area contributed by atoms with Crippen molar-refractivity contribution in [1.82, 2.24) is 9.80 Å². The molecule has 2 aliphatic rings. The molecule has 1 aromatic rings. The van der Waals surface area contributed by atoms with Crippen molar-refractivity contribution in [3.05, 3.63) is 35.9 Å². The lowest BCUT2D eigenvalue weighted by molar-refractivity contribution is -0.162. The molecular weight excluding hydrogens is 336 g/mol. The van der Waals surface area contributed by atoms with Crippen molar-refractivity contribution >= 4 is 17.8 Å². The Labute approximate surface area is 152 Å². The van der Waals surface area contributed by atoms with Crippen molar-refractivity contribution in [3.63, 3.8) is 0 Å². The van der Waals surface area contributed by atoms with Crippen LogP contribution in [-0.2, 0) is 25.7 Å². The van der Waals surface area contributed by atoms with Crippen LogP contribution in [0.4, 0.5) is 0 Å². The summed E-state index contributed by atoms with van der Waals surface area (Å²) in [4.78, 5) is 39.9. The third kappa shape index (κ3) is 4.04. The molecule has 0 radical (unpaired) electrons. The molecule has 140 valence electrons. The molecule has 2 amide bonds. The Balaban J connectivity index is 1.76. The number of aliphatic carboxylic acids is 1. The zero-order valence-electron chi connectivity index (χ0n) is 14.8. The molecule has 0 aliphatic carbocycles. The molecule has 2 saturated heterocycles. The highest BCUT2D eigenvalue weighted by Crippen LogP contribution is 2.24. The highest BCUT2D eigenvalue weighted by Gasteiger charge is 2.40. The number of carbonyl (C=O) groups is 3. The molecule has 1 aromatic carbocycles. The first kappa shape index (κ1) is 18.4. The number of ether oxygens (including phenoxy) is 1. The van der Waals surface area contributed by atoms with E-state index in [4.69, 9.17) is 4.74 Å². The van der Waals surface area contributed by atoms with Crippen LogP contribution < -0.4 is 0 Å². The summed E-state index contributed by atoms with van der Waals surface area (Å²) in [6.45, 7) is 3.07. The Kier molecular flexibility index (Phi) is 5.56. The third-order valence-corrected chi connectivity index (χ3v) is 5.00. The SMILES string of the molecule is CC1CC(C(=O)O)CN(C(=O)[C@H]2COCC(=O)N2Cc2ccccc2)C1. The Hall–Kier alpha value is -2.41. The van der Waals surface area contributed by atoms with Gasteiger partial charge in [0.15, 0.2) is 0 Å². The highest BCUT2D eigenvalue weighted by atomic mass is 16.5. The van der Waals surface area contributed by atoms with Crippen LogP contribution in [0.15, 0.2) is 30.3 Å². The van der Waals surface area contributed by atoms with Gasteiger partial charge in [-0.25, -0.2) is 0 Å². The summed E-state index contributed by atoms with van der Waals surface area (Å²) in [5.74, 6) is -1.79. The lowest BCUT2D eigenvalue weighted by Gasteiger charge is -2.41. The average Bonchev–Trinajstić information content (AvgIpc) is 2.63. The minimum Gasteiger partial charge on any atom is -0.481 e. The van der Waals surface area contributed by atoms with Crippen molar-refractivity contribution in [2.75, 3.05) is 26.3 Å². The van der Waals surface area contributed by atoms with E-state index in [9.17, 15) is 19.5 Å². The summed E-state index contributed by atoms with van der Waals surface area (Å²) >= 11 is 0. The molecule has 1 N–H and O–H groups in total. The fourth-order valence-corrected chi connectivity index (χ4v) is 3.71. The van der Waals surface area contributed by atoms with Gasteiger partial charge in [-0.2, -0.15) is 0 Å². The topological polar surface area (TPSA) is 87.1 Å². The van der Waals surface area contributed by atoms with Crippen molar-refractivity contribution < 1.29 is 24.2 Å². The van der Waals surface area contributed by atoms with Gasteiger partial charge in [-0.05, 0) is 17.9 Å². The molecule has 2 aliphatic heterocycles. The molecule has 2 heterocycles. The van der Waals surface area contributed by atoms with Gasteiger partial charge in [-0.3, -0.25) is 14.4 Å². The number of carbonyl (C=O) groups excluding carboxylic acids is 2. The number of hydrogen-bond acceptors (Lipinski definition) is 4. The van der Waals surface area contributed by atoms with Crippen LogP contribution in [0.5, 0.6) is 0 Å². The number of benzene rings is 1. The Morgan fingerprint density at radius 2 is 1.96 bits per heavy atom. The van der Waals surface area contributed by atoms with Crippen LogP contribution in [0.3, 0.4) is 0 Å². The largest absolute Gasteiger partial charge is 0.481 e. The van der Waals surface area contributed by atoms with Gasteiger partial charge < -0.3 is 19.6 Å². The van der Waals surface area contributed by atoms with Gasteiger partial charge in [0.05, 0.1) is 12.5 Å². The van der Waals surface area contributed by atoms with E-state index in [-0.39, 0.29) is 37.5 Å². The predicted molar refractivity (Wildman–Crippen MR) is 93.1 cm³/mol. The minimum atomic E-state index is -0.883. The van der Waals surface area contributed by atoms with Crippen LogP contribution in [0.1, 0.15) is 18.9 Å². The van der Waals surface area contributed by atoms with Crippen LogP contribution in [0, 0.1) is 11.8 Å². The molecule has 0 aromatic heterocycles. The fourth-order valence-electron chi connectivity index (χ4n) is 3.71. The predicted octanol–water partition coefficient (Wildman–Crippen LogP) is 0.983. The van der Waals surface area contributed by atoms with Gasteiger partial charge in [0.1, 0.15) is 12.6 Å². The van der Waals surface area contributed by atoms with Crippen LogP contribution in [-0.4, -0.2) is 65.0 Å². The maximum Gasteiger partial charge on any atom is 0.308 e.